The molecule has 0 atom stereocenters. The van der Waals surface area contributed by atoms with E-state index in [9.17, 15) is 9.18 Å². The highest BCUT2D eigenvalue weighted by molar-refractivity contribution is 6.13. The number of anilines is 2. The number of hydrogen-bond donors (Lipinski definition) is 3. The first kappa shape index (κ1) is 24.4. The maximum atomic E-state index is 14.9. The van der Waals surface area contributed by atoms with E-state index >= 15 is 0 Å². The van der Waals surface area contributed by atoms with Crippen molar-refractivity contribution in [3.63, 3.8) is 0 Å². The van der Waals surface area contributed by atoms with Gasteiger partial charge in [0.25, 0.3) is 5.91 Å². The highest BCUT2D eigenvalue weighted by Crippen LogP contribution is 2.26. The Morgan fingerprint density at radius 2 is 1.84 bits per heavy atom. The molecule has 1 aromatic carbocycles. The summed E-state index contributed by atoms with van der Waals surface area (Å²) in [4.78, 5) is 28.1. The Labute approximate surface area is 216 Å². The first-order valence-electron chi connectivity index (χ1n) is 12.5. The van der Waals surface area contributed by atoms with Crippen molar-refractivity contribution in [1.29, 1.82) is 10.8 Å². The third-order valence-electron chi connectivity index (χ3n) is 6.69. The topological polar surface area (TPSA) is 119 Å². The predicted octanol–water partition coefficient (Wildman–Crippen LogP) is 5.35. The molecule has 2 aromatic heterocycles. The molecule has 3 heterocycles. The second-order valence-electron chi connectivity index (χ2n) is 9.31. The van der Waals surface area contributed by atoms with Crippen LogP contribution in [0, 0.1) is 16.6 Å². The summed E-state index contributed by atoms with van der Waals surface area (Å²) in [5.74, 6) is -0.342. The van der Waals surface area contributed by atoms with Gasteiger partial charge in [-0.1, -0.05) is 12.5 Å². The summed E-state index contributed by atoms with van der Waals surface area (Å²) in [5, 5.41) is 19.4. The van der Waals surface area contributed by atoms with Gasteiger partial charge in [-0.25, -0.2) is 19.3 Å². The van der Waals surface area contributed by atoms with Gasteiger partial charge in [0.15, 0.2) is 0 Å². The highest BCUT2D eigenvalue weighted by atomic mass is 19.1. The first-order chi connectivity index (χ1) is 18.0. The first-order valence-corrected chi connectivity index (χ1v) is 12.5. The average Bonchev–Trinajstić information content (AvgIpc) is 2.90. The lowest BCUT2D eigenvalue weighted by Gasteiger charge is -2.29. The lowest BCUT2D eigenvalue weighted by atomic mass is 9.94. The number of carbonyl (C=O) groups excluding carboxylic acids is 1. The molecule has 0 radical (unpaired) electrons. The van der Waals surface area contributed by atoms with Crippen LogP contribution in [0.2, 0.25) is 0 Å². The minimum Gasteiger partial charge on any atom is -0.336 e. The molecule has 0 saturated heterocycles. The molecule has 8 nitrogen and oxygen atoms in total. The standard InChI is InChI=1S/C28H28FN7O.H2/c29-23-16-18-10-13-36(28-32-11-5-12-33-28)17-20(18)15-22(23)27(37)35-25-9-4-8-24(34-25)26(31)19-6-2-1-3-7-21(30)14-19;/h4-5,8-9,11-12,14-16,30-31H,1-3,6-7,10,13,17H2,(H,34,35,37);1H/b19-14+,30-21?,31-26?;. The molecular formula is C28H30FN7O. The van der Waals surface area contributed by atoms with Gasteiger partial charge in [-0.2, -0.15) is 0 Å². The van der Waals surface area contributed by atoms with Crippen molar-refractivity contribution in [3.05, 3.63) is 88.6 Å². The molecule has 37 heavy (non-hydrogen) atoms. The van der Waals surface area contributed by atoms with Crippen molar-refractivity contribution in [2.24, 2.45) is 0 Å². The predicted molar refractivity (Wildman–Crippen MR) is 143 cm³/mol. The van der Waals surface area contributed by atoms with Gasteiger partial charge < -0.3 is 15.6 Å². The van der Waals surface area contributed by atoms with Crippen molar-refractivity contribution in [2.45, 2.75) is 45.1 Å². The number of fused-ring (bicyclic) bond motifs is 1. The van der Waals surface area contributed by atoms with Crippen LogP contribution in [-0.2, 0) is 13.0 Å². The number of hydrogen-bond acceptors (Lipinski definition) is 7. The monoisotopic (exact) mass is 499 g/mol. The van der Waals surface area contributed by atoms with E-state index in [1.807, 2.05) is 4.90 Å². The van der Waals surface area contributed by atoms with Gasteiger partial charge >= 0.3 is 0 Å². The second kappa shape index (κ2) is 10.8. The maximum absolute atomic E-state index is 14.9. The van der Waals surface area contributed by atoms with E-state index in [2.05, 4.69) is 20.3 Å². The van der Waals surface area contributed by atoms with E-state index in [-0.39, 0.29) is 18.5 Å². The maximum Gasteiger partial charge on any atom is 0.259 e. The van der Waals surface area contributed by atoms with Crippen molar-refractivity contribution in [3.8, 4) is 0 Å². The number of rotatable bonds is 5. The summed E-state index contributed by atoms with van der Waals surface area (Å²) >= 11 is 0. The summed E-state index contributed by atoms with van der Waals surface area (Å²) in [6.45, 7) is 1.15. The number of nitrogens with one attached hydrogen (secondary N) is 3. The van der Waals surface area contributed by atoms with Crippen LogP contribution >= 0.6 is 0 Å². The fraction of sp³-hybridized carbons (Fsp3) is 0.286. The van der Waals surface area contributed by atoms with Crippen LogP contribution in [0.4, 0.5) is 16.2 Å². The number of carbonyl (C=O) groups is 1. The van der Waals surface area contributed by atoms with Gasteiger partial charge in [0, 0.05) is 32.6 Å². The van der Waals surface area contributed by atoms with Crippen LogP contribution in [0.3, 0.4) is 0 Å². The van der Waals surface area contributed by atoms with Gasteiger partial charge in [-0.15, -0.1) is 0 Å². The number of benzene rings is 1. The van der Waals surface area contributed by atoms with Crippen LogP contribution < -0.4 is 10.2 Å². The van der Waals surface area contributed by atoms with Crippen molar-refractivity contribution in [1.82, 2.24) is 15.0 Å². The average molecular weight is 500 g/mol. The molecule has 0 fully saturated rings. The largest absolute Gasteiger partial charge is 0.336 e. The van der Waals surface area contributed by atoms with Gasteiger partial charge in [0.1, 0.15) is 11.6 Å². The zero-order valence-corrected chi connectivity index (χ0v) is 20.4. The van der Waals surface area contributed by atoms with Crippen LogP contribution in [0.5, 0.6) is 0 Å². The molecule has 190 valence electrons. The van der Waals surface area contributed by atoms with E-state index < -0.39 is 11.7 Å². The lowest BCUT2D eigenvalue weighted by Crippen LogP contribution is -2.32. The number of pyridine rings is 1. The molecule has 9 heteroatoms. The number of amides is 1. The Balaban J connectivity index is 0.00000336. The normalized spacial score (nSPS) is 17.2. The van der Waals surface area contributed by atoms with Crippen molar-refractivity contribution >= 4 is 29.1 Å². The van der Waals surface area contributed by atoms with E-state index in [0.29, 0.717) is 49.7 Å². The summed E-state index contributed by atoms with van der Waals surface area (Å²) in [6, 6.07) is 9.82. The molecule has 1 aliphatic carbocycles. The van der Waals surface area contributed by atoms with E-state index in [1.165, 1.54) is 6.07 Å². The van der Waals surface area contributed by atoms with Gasteiger partial charge in [0.2, 0.25) is 5.95 Å². The number of nitrogens with zero attached hydrogens (tertiary/aromatic N) is 4. The Morgan fingerprint density at radius 3 is 2.68 bits per heavy atom. The lowest BCUT2D eigenvalue weighted by molar-refractivity contribution is 0.102. The number of aromatic nitrogens is 3. The molecule has 3 N–H and O–H groups in total. The fourth-order valence-electron chi connectivity index (χ4n) is 4.73. The Hall–Kier alpha value is -4.27. The molecule has 1 amide bonds. The zero-order chi connectivity index (χ0) is 25.8. The number of halogens is 1. The smallest absolute Gasteiger partial charge is 0.259 e. The van der Waals surface area contributed by atoms with Crippen LogP contribution in [0.15, 0.2) is 60.4 Å². The van der Waals surface area contributed by atoms with Crippen LogP contribution in [0.25, 0.3) is 0 Å². The van der Waals surface area contributed by atoms with Gasteiger partial charge in [-0.05, 0) is 85.2 Å². The third-order valence-corrected chi connectivity index (χ3v) is 6.69. The quantitative estimate of drug-likeness (QED) is 0.409. The van der Waals surface area contributed by atoms with Crippen molar-refractivity contribution < 1.29 is 10.6 Å². The minimum absolute atomic E-state index is 0. The molecule has 5 rings (SSSR count). The van der Waals surface area contributed by atoms with Crippen LogP contribution in [-0.4, -0.2) is 38.8 Å². The van der Waals surface area contributed by atoms with Crippen molar-refractivity contribution in [2.75, 3.05) is 16.8 Å². The Bertz CT molecular complexity index is 1390. The minimum atomic E-state index is -0.600. The van der Waals surface area contributed by atoms with E-state index in [1.54, 1.807) is 48.8 Å². The molecule has 0 saturated carbocycles. The zero-order valence-electron chi connectivity index (χ0n) is 20.4. The van der Waals surface area contributed by atoms with E-state index in [4.69, 9.17) is 10.8 Å². The Morgan fingerprint density at radius 1 is 1.03 bits per heavy atom. The molecule has 0 unspecified atom stereocenters. The number of allylic oxidation sites excluding steroid dienone is 2. The van der Waals surface area contributed by atoms with Gasteiger partial charge in [-0.3, -0.25) is 10.2 Å². The third kappa shape index (κ3) is 5.61. The summed E-state index contributed by atoms with van der Waals surface area (Å²) in [5.41, 5.74) is 3.60. The molecule has 1 aliphatic heterocycles. The fourth-order valence-corrected chi connectivity index (χ4v) is 4.73. The van der Waals surface area contributed by atoms with E-state index in [0.717, 1.165) is 36.0 Å². The van der Waals surface area contributed by atoms with Gasteiger partial charge in [0.05, 0.1) is 17.0 Å². The molecule has 3 aromatic rings. The molecular weight excluding hydrogens is 469 g/mol. The Kier molecular flexibility index (Phi) is 7.11. The molecule has 0 bridgehead atoms. The summed E-state index contributed by atoms with van der Waals surface area (Å²) in [6.07, 6.45) is 10.2. The molecule has 2 aliphatic rings. The SMILES string of the molecule is N=C1/C=C(/C(=N)c2cccc(NC(=O)c3cc4c(cc3F)CCN(c3ncccn3)C4)n2)CCCCC1.[HH]. The summed E-state index contributed by atoms with van der Waals surface area (Å²) in [7, 11) is 0. The second-order valence-corrected chi connectivity index (χ2v) is 9.31. The molecule has 0 spiro atoms. The highest BCUT2D eigenvalue weighted by Gasteiger charge is 2.23. The van der Waals surface area contributed by atoms with Crippen LogP contribution in [0.1, 0.15) is 60.7 Å². The summed E-state index contributed by atoms with van der Waals surface area (Å²) < 4.78 is 14.9.